The average Bonchev–Trinajstić information content (AvgIpc) is 2.28. The third-order valence-corrected chi connectivity index (χ3v) is 2.25. The van der Waals surface area contributed by atoms with Gasteiger partial charge in [-0.1, -0.05) is 13.0 Å². The minimum Gasteiger partial charge on any atom is -0.493 e. The Morgan fingerprint density at radius 1 is 1.00 bits per heavy atom. The molecule has 0 fully saturated rings. The van der Waals surface area contributed by atoms with Crippen molar-refractivity contribution in [2.45, 2.75) is 20.3 Å². The third kappa shape index (κ3) is 2.35. The molecule has 1 aromatic rings. The lowest BCUT2D eigenvalue weighted by Crippen LogP contribution is -2.01. The van der Waals surface area contributed by atoms with Gasteiger partial charge in [-0.3, -0.25) is 0 Å². The molecule has 0 aliphatic carbocycles. The van der Waals surface area contributed by atoms with Gasteiger partial charge in [-0.05, 0) is 25.0 Å². The minimum absolute atomic E-state index is 0.622. The summed E-state index contributed by atoms with van der Waals surface area (Å²) in [4.78, 5) is 0. The summed E-state index contributed by atoms with van der Waals surface area (Å²) >= 11 is 0. The quantitative estimate of drug-likeness (QED) is 0.747. The highest BCUT2D eigenvalue weighted by Crippen LogP contribution is 2.40. The van der Waals surface area contributed by atoms with Crippen molar-refractivity contribution >= 4 is 0 Å². The molecular weight excluding hydrogens is 192 g/mol. The van der Waals surface area contributed by atoms with E-state index in [1.165, 1.54) is 0 Å². The van der Waals surface area contributed by atoms with Gasteiger partial charge in [-0.15, -0.1) is 0 Å². The van der Waals surface area contributed by atoms with E-state index in [-0.39, 0.29) is 0 Å². The first kappa shape index (κ1) is 11.7. The van der Waals surface area contributed by atoms with Crippen molar-refractivity contribution in [2.24, 2.45) is 0 Å². The molecule has 0 bridgehead atoms. The Morgan fingerprint density at radius 3 is 2.20 bits per heavy atom. The van der Waals surface area contributed by atoms with Gasteiger partial charge in [0.1, 0.15) is 0 Å². The van der Waals surface area contributed by atoms with Crippen LogP contribution in [0.5, 0.6) is 17.2 Å². The summed E-state index contributed by atoms with van der Waals surface area (Å²) < 4.78 is 16.1. The predicted molar refractivity (Wildman–Crippen MR) is 60.1 cm³/mol. The SMILES string of the molecule is CCOc1c(CC)ccc(OC)c1OC. The van der Waals surface area contributed by atoms with E-state index in [1.54, 1.807) is 14.2 Å². The Labute approximate surface area is 91.0 Å². The molecule has 0 aliphatic rings. The highest BCUT2D eigenvalue weighted by molar-refractivity contribution is 5.55. The van der Waals surface area contributed by atoms with E-state index in [0.29, 0.717) is 18.1 Å². The summed E-state index contributed by atoms with van der Waals surface area (Å²) in [6, 6.07) is 3.91. The van der Waals surface area contributed by atoms with Crippen LogP contribution in [0.15, 0.2) is 12.1 Å². The number of methoxy groups -OCH3 is 2. The van der Waals surface area contributed by atoms with E-state index in [1.807, 2.05) is 19.1 Å². The molecule has 0 unspecified atom stereocenters. The molecule has 3 heteroatoms. The van der Waals surface area contributed by atoms with Crippen molar-refractivity contribution in [3.8, 4) is 17.2 Å². The van der Waals surface area contributed by atoms with Gasteiger partial charge in [0.05, 0.1) is 20.8 Å². The molecule has 0 amide bonds. The largest absolute Gasteiger partial charge is 0.493 e. The van der Waals surface area contributed by atoms with E-state index < -0.39 is 0 Å². The van der Waals surface area contributed by atoms with E-state index in [4.69, 9.17) is 14.2 Å². The molecule has 15 heavy (non-hydrogen) atoms. The molecule has 1 aromatic carbocycles. The van der Waals surface area contributed by atoms with Crippen LogP contribution in [0, 0.1) is 0 Å². The maximum absolute atomic E-state index is 5.59. The minimum atomic E-state index is 0.622. The van der Waals surface area contributed by atoms with Crippen molar-refractivity contribution in [3.63, 3.8) is 0 Å². The number of hydrogen-bond donors (Lipinski definition) is 0. The van der Waals surface area contributed by atoms with E-state index >= 15 is 0 Å². The zero-order valence-electron chi connectivity index (χ0n) is 9.79. The maximum Gasteiger partial charge on any atom is 0.203 e. The highest BCUT2D eigenvalue weighted by Gasteiger charge is 2.14. The van der Waals surface area contributed by atoms with Crippen molar-refractivity contribution in [2.75, 3.05) is 20.8 Å². The Bertz CT molecular complexity index is 321. The molecule has 0 radical (unpaired) electrons. The lowest BCUT2D eigenvalue weighted by atomic mass is 10.1. The van der Waals surface area contributed by atoms with Crippen LogP contribution < -0.4 is 14.2 Å². The first-order chi connectivity index (χ1) is 7.28. The van der Waals surface area contributed by atoms with Crippen LogP contribution in [-0.4, -0.2) is 20.8 Å². The maximum atomic E-state index is 5.59. The van der Waals surface area contributed by atoms with Crippen LogP contribution in [0.3, 0.4) is 0 Å². The van der Waals surface area contributed by atoms with Crippen LogP contribution >= 0.6 is 0 Å². The van der Waals surface area contributed by atoms with Crippen molar-refractivity contribution in [1.82, 2.24) is 0 Å². The van der Waals surface area contributed by atoms with Gasteiger partial charge in [0.2, 0.25) is 5.75 Å². The molecule has 0 heterocycles. The molecule has 1 rings (SSSR count). The lowest BCUT2D eigenvalue weighted by molar-refractivity contribution is 0.294. The number of rotatable bonds is 5. The number of benzene rings is 1. The lowest BCUT2D eigenvalue weighted by Gasteiger charge is -2.15. The zero-order valence-corrected chi connectivity index (χ0v) is 9.79. The number of aryl methyl sites for hydroxylation is 1. The normalized spacial score (nSPS) is 9.87. The van der Waals surface area contributed by atoms with Crippen LogP contribution in [0.2, 0.25) is 0 Å². The summed E-state index contributed by atoms with van der Waals surface area (Å²) in [5, 5.41) is 0. The van der Waals surface area contributed by atoms with Gasteiger partial charge >= 0.3 is 0 Å². The number of hydrogen-bond acceptors (Lipinski definition) is 3. The van der Waals surface area contributed by atoms with Crippen LogP contribution in [0.4, 0.5) is 0 Å². The van der Waals surface area contributed by atoms with Gasteiger partial charge in [-0.2, -0.15) is 0 Å². The second kappa shape index (κ2) is 5.49. The topological polar surface area (TPSA) is 27.7 Å². The van der Waals surface area contributed by atoms with Crippen molar-refractivity contribution in [1.29, 1.82) is 0 Å². The van der Waals surface area contributed by atoms with Crippen molar-refractivity contribution < 1.29 is 14.2 Å². The fourth-order valence-electron chi connectivity index (χ4n) is 1.52. The Kier molecular flexibility index (Phi) is 4.28. The third-order valence-electron chi connectivity index (χ3n) is 2.25. The first-order valence-electron chi connectivity index (χ1n) is 5.15. The monoisotopic (exact) mass is 210 g/mol. The molecule has 0 aromatic heterocycles. The second-order valence-electron chi connectivity index (χ2n) is 3.08. The second-order valence-corrected chi connectivity index (χ2v) is 3.08. The molecular formula is C12H18O3. The van der Waals surface area contributed by atoms with Crippen LogP contribution in [0.25, 0.3) is 0 Å². The smallest absolute Gasteiger partial charge is 0.203 e. The summed E-state index contributed by atoms with van der Waals surface area (Å²) in [7, 11) is 3.25. The molecule has 0 saturated carbocycles. The van der Waals surface area contributed by atoms with Crippen molar-refractivity contribution in [3.05, 3.63) is 17.7 Å². The van der Waals surface area contributed by atoms with Gasteiger partial charge in [0.15, 0.2) is 11.5 Å². The summed E-state index contributed by atoms with van der Waals surface area (Å²) in [6.07, 6.45) is 0.912. The number of ether oxygens (including phenoxy) is 3. The fraction of sp³-hybridized carbons (Fsp3) is 0.500. The summed E-state index contributed by atoms with van der Waals surface area (Å²) in [6.45, 7) is 4.67. The van der Waals surface area contributed by atoms with E-state index in [2.05, 4.69) is 6.92 Å². The Hall–Kier alpha value is -1.38. The molecule has 0 atom stereocenters. The zero-order chi connectivity index (χ0) is 11.3. The molecule has 3 nitrogen and oxygen atoms in total. The highest BCUT2D eigenvalue weighted by atomic mass is 16.5. The standard InChI is InChI=1S/C12H18O3/c1-5-9-7-8-10(13-3)12(14-4)11(9)15-6-2/h7-8H,5-6H2,1-4H3. The average molecular weight is 210 g/mol. The van der Waals surface area contributed by atoms with Gasteiger partial charge in [0, 0.05) is 0 Å². The van der Waals surface area contributed by atoms with Crippen LogP contribution in [-0.2, 0) is 6.42 Å². The molecule has 0 N–H and O–H groups in total. The predicted octanol–water partition coefficient (Wildman–Crippen LogP) is 2.66. The Balaban J connectivity index is 3.24. The molecule has 0 spiro atoms. The van der Waals surface area contributed by atoms with E-state index in [9.17, 15) is 0 Å². The van der Waals surface area contributed by atoms with Gasteiger partial charge < -0.3 is 14.2 Å². The van der Waals surface area contributed by atoms with Gasteiger partial charge in [0.25, 0.3) is 0 Å². The first-order valence-corrected chi connectivity index (χ1v) is 5.15. The molecule has 84 valence electrons. The van der Waals surface area contributed by atoms with Crippen LogP contribution in [0.1, 0.15) is 19.4 Å². The summed E-state index contributed by atoms with van der Waals surface area (Å²) in [5.74, 6) is 2.18. The molecule has 0 saturated heterocycles. The van der Waals surface area contributed by atoms with E-state index in [0.717, 1.165) is 17.7 Å². The fourth-order valence-corrected chi connectivity index (χ4v) is 1.52. The van der Waals surface area contributed by atoms with Gasteiger partial charge in [-0.25, -0.2) is 0 Å². The summed E-state index contributed by atoms with van der Waals surface area (Å²) in [5.41, 5.74) is 1.13. The Morgan fingerprint density at radius 2 is 1.73 bits per heavy atom. The molecule has 0 aliphatic heterocycles.